The van der Waals surface area contributed by atoms with Crippen molar-refractivity contribution in [2.24, 2.45) is 5.92 Å². The van der Waals surface area contributed by atoms with Crippen molar-refractivity contribution in [3.05, 3.63) is 18.0 Å². The molecule has 1 saturated heterocycles. The van der Waals surface area contributed by atoms with E-state index in [0.717, 1.165) is 38.3 Å². The first-order chi connectivity index (χ1) is 10.5. The first-order valence-corrected chi connectivity index (χ1v) is 7.46. The molecule has 2 heterocycles. The zero-order chi connectivity index (χ0) is 16.1. The molecule has 0 spiro atoms. The van der Waals surface area contributed by atoms with Crippen molar-refractivity contribution in [3.8, 4) is 6.01 Å². The SMILES string of the molecule is COc1ncc(CN2CCN(C)CC(C(=O)N(C)C)C2)cn1. The maximum atomic E-state index is 12.3. The van der Waals surface area contributed by atoms with Crippen LogP contribution < -0.4 is 4.74 Å². The van der Waals surface area contributed by atoms with Gasteiger partial charge >= 0.3 is 6.01 Å². The molecule has 1 unspecified atom stereocenters. The second-order valence-electron chi connectivity index (χ2n) is 6.00. The quantitative estimate of drug-likeness (QED) is 0.776. The van der Waals surface area contributed by atoms with E-state index in [1.807, 2.05) is 14.1 Å². The number of rotatable bonds is 4. The fraction of sp³-hybridized carbons (Fsp3) is 0.667. The molecule has 1 aliphatic rings. The largest absolute Gasteiger partial charge is 0.467 e. The predicted octanol–water partition coefficient (Wildman–Crippen LogP) is -0.0630. The molecule has 2 rings (SSSR count). The van der Waals surface area contributed by atoms with Gasteiger partial charge in [0.15, 0.2) is 0 Å². The first-order valence-electron chi connectivity index (χ1n) is 7.46. The number of likely N-dealkylation sites (N-methyl/N-ethyl adjacent to an activating group) is 1. The van der Waals surface area contributed by atoms with Gasteiger partial charge in [-0.1, -0.05) is 0 Å². The van der Waals surface area contributed by atoms with Crippen molar-refractivity contribution < 1.29 is 9.53 Å². The highest BCUT2D eigenvalue weighted by molar-refractivity contribution is 5.78. The Kier molecular flexibility index (Phi) is 5.68. The van der Waals surface area contributed by atoms with E-state index in [0.29, 0.717) is 6.01 Å². The molecule has 1 aromatic rings. The van der Waals surface area contributed by atoms with E-state index in [1.54, 1.807) is 24.4 Å². The Bertz CT molecular complexity index is 491. The minimum atomic E-state index is 0.00154. The second kappa shape index (κ2) is 7.51. The van der Waals surface area contributed by atoms with Crippen LogP contribution >= 0.6 is 0 Å². The van der Waals surface area contributed by atoms with E-state index in [9.17, 15) is 4.79 Å². The molecule has 1 fully saturated rings. The summed E-state index contributed by atoms with van der Waals surface area (Å²) in [7, 11) is 7.25. The summed E-state index contributed by atoms with van der Waals surface area (Å²) in [6.07, 6.45) is 3.56. The molecule has 0 bridgehead atoms. The molecule has 0 aromatic carbocycles. The van der Waals surface area contributed by atoms with Crippen LogP contribution in [0.15, 0.2) is 12.4 Å². The van der Waals surface area contributed by atoms with Gasteiger partial charge in [-0.3, -0.25) is 9.69 Å². The summed E-state index contributed by atoms with van der Waals surface area (Å²) >= 11 is 0. The minimum Gasteiger partial charge on any atom is -0.467 e. The second-order valence-corrected chi connectivity index (χ2v) is 6.00. The van der Waals surface area contributed by atoms with E-state index in [2.05, 4.69) is 26.8 Å². The number of amides is 1. The highest BCUT2D eigenvalue weighted by atomic mass is 16.5. The van der Waals surface area contributed by atoms with Crippen LogP contribution in [0.3, 0.4) is 0 Å². The summed E-state index contributed by atoms with van der Waals surface area (Å²) < 4.78 is 4.98. The average Bonchev–Trinajstić information content (AvgIpc) is 2.69. The fourth-order valence-corrected chi connectivity index (χ4v) is 2.69. The van der Waals surface area contributed by atoms with Gasteiger partial charge in [-0.05, 0) is 7.05 Å². The minimum absolute atomic E-state index is 0.00154. The summed E-state index contributed by atoms with van der Waals surface area (Å²) in [4.78, 5) is 26.8. The molecule has 1 atom stereocenters. The van der Waals surface area contributed by atoms with Crippen LogP contribution in [0, 0.1) is 5.92 Å². The Balaban J connectivity index is 2.03. The number of hydrogen-bond donors (Lipinski definition) is 0. The van der Waals surface area contributed by atoms with Gasteiger partial charge in [0.2, 0.25) is 5.91 Å². The van der Waals surface area contributed by atoms with Crippen LogP contribution in [-0.2, 0) is 11.3 Å². The van der Waals surface area contributed by atoms with Gasteiger partial charge in [0.1, 0.15) is 0 Å². The molecule has 1 aromatic heterocycles. The van der Waals surface area contributed by atoms with E-state index in [1.165, 1.54) is 0 Å². The van der Waals surface area contributed by atoms with Gasteiger partial charge in [-0.15, -0.1) is 0 Å². The Hall–Kier alpha value is -1.73. The van der Waals surface area contributed by atoms with Gasteiger partial charge in [-0.25, -0.2) is 9.97 Å². The monoisotopic (exact) mass is 307 g/mol. The third kappa shape index (κ3) is 4.38. The molecule has 0 N–H and O–H groups in total. The highest BCUT2D eigenvalue weighted by Crippen LogP contribution is 2.14. The van der Waals surface area contributed by atoms with E-state index in [-0.39, 0.29) is 11.8 Å². The molecular formula is C15H25N5O2. The number of hydrogen-bond acceptors (Lipinski definition) is 6. The molecule has 7 heteroatoms. The van der Waals surface area contributed by atoms with Gasteiger partial charge in [0.05, 0.1) is 13.0 Å². The normalized spacial score (nSPS) is 20.5. The number of carbonyl (C=O) groups excluding carboxylic acids is 1. The standard InChI is InChI=1S/C15H25N5O2/c1-18(2)14(21)13-10-19(3)5-6-20(11-13)9-12-7-16-15(22-4)17-8-12/h7-8,13H,5-6,9-11H2,1-4H3. The topological polar surface area (TPSA) is 61.8 Å². The number of nitrogens with zero attached hydrogens (tertiary/aromatic N) is 5. The molecule has 122 valence electrons. The smallest absolute Gasteiger partial charge is 0.316 e. The van der Waals surface area contributed by atoms with Crippen molar-refractivity contribution in [1.29, 1.82) is 0 Å². The van der Waals surface area contributed by atoms with Gasteiger partial charge < -0.3 is 14.5 Å². The van der Waals surface area contributed by atoms with Crippen LogP contribution in [0.25, 0.3) is 0 Å². The third-order valence-electron chi connectivity index (χ3n) is 3.87. The molecule has 22 heavy (non-hydrogen) atoms. The molecule has 0 saturated carbocycles. The zero-order valence-electron chi connectivity index (χ0n) is 13.8. The summed E-state index contributed by atoms with van der Waals surface area (Å²) in [5, 5.41) is 0. The molecule has 7 nitrogen and oxygen atoms in total. The van der Waals surface area contributed by atoms with E-state index in [4.69, 9.17) is 4.74 Å². The lowest BCUT2D eigenvalue weighted by molar-refractivity contribution is -0.133. The Morgan fingerprint density at radius 3 is 2.59 bits per heavy atom. The van der Waals surface area contributed by atoms with Crippen molar-refractivity contribution >= 4 is 5.91 Å². The van der Waals surface area contributed by atoms with Crippen molar-refractivity contribution in [1.82, 2.24) is 24.7 Å². The van der Waals surface area contributed by atoms with Crippen molar-refractivity contribution in [2.45, 2.75) is 6.54 Å². The van der Waals surface area contributed by atoms with Crippen LogP contribution in [-0.4, -0.2) is 85.0 Å². The maximum Gasteiger partial charge on any atom is 0.316 e. The summed E-state index contributed by atoms with van der Waals surface area (Å²) in [5.41, 5.74) is 1.03. The van der Waals surface area contributed by atoms with E-state index >= 15 is 0 Å². The van der Waals surface area contributed by atoms with Gasteiger partial charge in [-0.2, -0.15) is 0 Å². The van der Waals surface area contributed by atoms with Gasteiger partial charge in [0.25, 0.3) is 0 Å². The first kappa shape index (κ1) is 16.6. The third-order valence-corrected chi connectivity index (χ3v) is 3.87. The number of ether oxygens (including phenoxy) is 1. The molecule has 0 aliphatic carbocycles. The summed E-state index contributed by atoms with van der Waals surface area (Å²) in [6, 6.07) is 0.375. The van der Waals surface area contributed by atoms with Gasteiger partial charge in [0, 0.05) is 64.8 Å². The average molecular weight is 307 g/mol. The van der Waals surface area contributed by atoms with Crippen LogP contribution in [0.4, 0.5) is 0 Å². The van der Waals surface area contributed by atoms with Crippen LogP contribution in [0.5, 0.6) is 6.01 Å². The summed E-state index contributed by atoms with van der Waals surface area (Å²) in [5.74, 6) is 0.186. The molecule has 1 amide bonds. The zero-order valence-corrected chi connectivity index (χ0v) is 13.8. The lowest BCUT2D eigenvalue weighted by Gasteiger charge is -2.25. The molecule has 0 radical (unpaired) electrons. The predicted molar refractivity (Wildman–Crippen MR) is 83.5 cm³/mol. The molecular weight excluding hydrogens is 282 g/mol. The number of aromatic nitrogens is 2. The lowest BCUT2D eigenvalue weighted by atomic mass is 10.1. The fourth-order valence-electron chi connectivity index (χ4n) is 2.69. The van der Waals surface area contributed by atoms with Crippen LogP contribution in [0.1, 0.15) is 5.56 Å². The van der Waals surface area contributed by atoms with E-state index < -0.39 is 0 Å². The highest BCUT2D eigenvalue weighted by Gasteiger charge is 2.27. The van der Waals surface area contributed by atoms with Crippen molar-refractivity contribution in [2.75, 3.05) is 54.4 Å². The van der Waals surface area contributed by atoms with Crippen molar-refractivity contribution in [3.63, 3.8) is 0 Å². The van der Waals surface area contributed by atoms with Crippen LogP contribution in [0.2, 0.25) is 0 Å². The number of carbonyl (C=O) groups is 1. The summed E-state index contributed by atoms with van der Waals surface area (Å²) in [6.45, 7) is 4.18. The molecule has 1 aliphatic heterocycles. The number of methoxy groups -OCH3 is 1. The maximum absolute atomic E-state index is 12.3. The Labute approximate surface area is 131 Å². The Morgan fingerprint density at radius 2 is 2.00 bits per heavy atom. The lowest BCUT2D eigenvalue weighted by Crippen LogP contribution is -2.40. The Morgan fingerprint density at radius 1 is 1.32 bits per heavy atom.